The maximum absolute atomic E-state index is 12.8. The maximum Gasteiger partial charge on any atom is 0.306 e. The van der Waals surface area contributed by atoms with Crippen LogP contribution in [0, 0.1) is 0 Å². The van der Waals surface area contributed by atoms with Crippen molar-refractivity contribution >= 4 is 17.9 Å². The quantitative estimate of drug-likeness (QED) is 0.0262. The van der Waals surface area contributed by atoms with Crippen molar-refractivity contribution in [3.8, 4) is 0 Å². The molecule has 0 aliphatic rings. The van der Waals surface area contributed by atoms with Crippen molar-refractivity contribution in [2.45, 2.75) is 226 Å². The van der Waals surface area contributed by atoms with E-state index < -0.39 is 6.10 Å². The average Bonchev–Trinajstić information content (AvgIpc) is 3.29. The Kier molecular flexibility index (Phi) is 48.5. The van der Waals surface area contributed by atoms with Gasteiger partial charge in [0.15, 0.2) is 6.10 Å². The second kappa shape index (κ2) is 51.7. The lowest BCUT2D eigenvalue weighted by molar-refractivity contribution is -0.167. The molecule has 0 aromatic heterocycles. The smallest absolute Gasteiger partial charge is 0.306 e. The first kappa shape index (κ1) is 60.1. The summed E-state index contributed by atoms with van der Waals surface area (Å²) in [5.41, 5.74) is 0. The van der Waals surface area contributed by atoms with Gasteiger partial charge in [-0.2, -0.15) is 0 Å². The minimum Gasteiger partial charge on any atom is -0.462 e. The lowest BCUT2D eigenvalue weighted by Gasteiger charge is -2.18. The molecule has 0 heterocycles. The van der Waals surface area contributed by atoms with Crippen LogP contribution in [0.25, 0.3) is 0 Å². The SMILES string of the molecule is CC/C=C\C/C=C\C/C=C\C/C=C\CCCCCCC(=O)OCC(COC(=O)CCCCCCC/C=C\CCCCC)OC(=O)CCCCCC/C=C\C/C=C\C/C=C\C/C=C\CC. The molecule has 0 N–H and O–H groups in total. The van der Waals surface area contributed by atoms with Crippen LogP contribution in [-0.2, 0) is 28.6 Å². The van der Waals surface area contributed by atoms with E-state index in [0.29, 0.717) is 12.8 Å². The van der Waals surface area contributed by atoms with Gasteiger partial charge >= 0.3 is 17.9 Å². The van der Waals surface area contributed by atoms with Crippen LogP contribution in [0.5, 0.6) is 0 Å². The fraction of sp³-hybridized carbons (Fsp3) is 0.638. The molecule has 0 aromatic carbocycles. The summed E-state index contributed by atoms with van der Waals surface area (Å²) >= 11 is 0. The van der Waals surface area contributed by atoms with E-state index in [1.54, 1.807) is 0 Å². The molecule has 0 fully saturated rings. The minimum absolute atomic E-state index is 0.103. The fourth-order valence-electron chi connectivity index (χ4n) is 6.65. The monoisotopic (exact) mass is 887 g/mol. The Hall–Kier alpha value is -3.93. The number of ether oxygens (including phenoxy) is 3. The molecule has 0 bridgehead atoms. The third-order valence-corrected chi connectivity index (χ3v) is 10.5. The number of rotatable bonds is 45. The van der Waals surface area contributed by atoms with Gasteiger partial charge in [0.05, 0.1) is 0 Å². The summed E-state index contributed by atoms with van der Waals surface area (Å²) in [5, 5.41) is 0. The first-order valence-electron chi connectivity index (χ1n) is 25.9. The Bertz CT molecular complexity index is 1340. The van der Waals surface area contributed by atoms with E-state index in [1.807, 2.05) is 0 Å². The van der Waals surface area contributed by atoms with Gasteiger partial charge in [-0.1, -0.05) is 188 Å². The van der Waals surface area contributed by atoms with Gasteiger partial charge in [0.2, 0.25) is 0 Å². The molecule has 6 nitrogen and oxygen atoms in total. The predicted molar refractivity (Wildman–Crippen MR) is 274 cm³/mol. The van der Waals surface area contributed by atoms with Crippen molar-refractivity contribution in [1.29, 1.82) is 0 Å². The van der Waals surface area contributed by atoms with E-state index in [4.69, 9.17) is 14.2 Å². The van der Waals surface area contributed by atoms with E-state index >= 15 is 0 Å². The van der Waals surface area contributed by atoms with Crippen LogP contribution in [0.3, 0.4) is 0 Å². The van der Waals surface area contributed by atoms with Gasteiger partial charge in [0, 0.05) is 19.3 Å². The van der Waals surface area contributed by atoms with Crippen molar-refractivity contribution in [2.24, 2.45) is 0 Å². The lowest BCUT2D eigenvalue weighted by Crippen LogP contribution is -2.30. The highest BCUT2D eigenvalue weighted by atomic mass is 16.6. The van der Waals surface area contributed by atoms with Crippen LogP contribution < -0.4 is 0 Å². The van der Waals surface area contributed by atoms with Crippen LogP contribution in [-0.4, -0.2) is 37.2 Å². The average molecular weight is 887 g/mol. The van der Waals surface area contributed by atoms with Gasteiger partial charge in [-0.05, 0) is 122 Å². The van der Waals surface area contributed by atoms with Crippen molar-refractivity contribution in [1.82, 2.24) is 0 Å². The lowest BCUT2D eigenvalue weighted by atomic mass is 10.1. The van der Waals surface area contributed by atoms with Gasteiger partial charge in [0.1, 0.15) is 13.2 Å². The molecule has 6 heteroatoms. The predicted octanol–water partition coefficient (Wildman–Crippen LogP) is 17.1. The molecule has 0 saturated carbocycles. The largest absolute Gasteiger partial charge is 0.462 e. The van der Waals surface area contributed by atoms with Crippen molar-refractivity contribution in [3.63, 3.8) is 0 Å². The Balaban J connectivity index is 4.50. The Morgan fingerprint density at radius 2 is 0.609 bits per heavy atom. The number of esters is 3. The summed E-state index contributed by atoms with van der Waals surface area (Å²) in [6, 6.07) is 0. The Labute approximate surface area is 393 Å². The third-order valence-electron chi connectivity index (χ3n) is 10.5. The van der Waals surface area contributed by atoms with Gasteiger partial charge in [-0.3, -0.25) is 14.4 Å². The van der Waals surface area contributed by atoms with Gasteiger partial charge in [-0.15, -0.1) is 0 Å². The normalized spacial score (nSPS) is 13.0. The van der Waals surface area contributed by atoms with Crippen LogP contribution in [0.4, 0.5) is 0 Å². The molecule has 64 heavy (non-hydrogen) atoms. The van der Waals surface area contributed by atoms with E-state index in [9.17, 15) is 14.4 Å². The Morgan fingerprint density at radius 3 is 0.969 bits per heavy atom. The molecule has 0 saturated heterocycles. The molecular formula is C58H94O6. The van der Waals surface area contributed by atoms with Gasteiger partial charge < -0.3 is 14.2 Å². The first-order valence-corrected chi connectivity index (χ1v) is 25.9. The molecule has 0 aliphatic heterocycles. The van der Waals surface area contributed by atoms with Crippen molar-refractivity contribution in [3.05, 3.63) is 109 Å². The molecule has 1 unspecified atom stereocenters. The highest BCUT2D eigenvalue weighted by Crippen LogP contribution is 2.13. The Morgan fingerprint density at radius 1 is 0.328 bits per heavy atom. The van der Waals surface area contributed by atoms with E-state index in [2.05, 4.69) is 130 Å². The summed E-state index contributed by atoms with van der Waals surface area (Å²) in [7, 11) is 0. The van der Waals surface area contributed by atoms with Gasteiger partial charge in [0.25, 0.3) is 0 Å². The second-order valence-corrected chi connectivity index (χ2v) is 16.7. The zero-order chi connectivity index (χ0) is 46.5. The zero-order valence-corrected chi connectivity index (χ0v) is 41.3. The molecule has 0 aromatic rings. The van der Waals surface area contributed by atoms with Crippen LogP contribution in [0.15, 0.2) is 109 Å². The summed E-state index contributed by atoms with van der Waals surface area (Å²) in [6.07, 6.45) is 69.2. The molecule has 0 rings (SSSR count). The molecule has 0 spiro atoms. The second-order valence-electron chi connectivity index (χ2n) is 16.7. The number of hydrogen-bond donors (Lipinski definition) is 0. The zero-order valence-electron chi connectivity index (χ0n) is 41.3. The summed E-state index contributed by atoms with van der Waals surface area (Å²) in [5.74, 6) is -0.965. The molecule has 362 valence electrons. The fourth-order valence-corrected chi connectivity index (χ4v) is 6.65. The molecule has 0 amide bonds. The topological polar surface area (TPSA) is 78.9 Å². The summed E-state index contributed by atoms with van der Waals surface area (Å²) < 4.78 is 16.8. The number of carbonyl (C=O) groups excluding carboxylic acids is 3. The first-order chi connectivity index (χ1) is 31.5. The van der Waals surface area contributed by atoms with E-state index in [-0.39, 0.29) is 37.5 Å². The highest BCUT2D eigenvalue weighted by molar-refractivity contribution is 5.71. The third kappa shape index (κ3) is 49.1. The molecule has 0 radical (unpaired) electrons. The van der Waals surface area contributed by atoms with Crippen LogP contribution in [0.2, 0.25) is 0 Å². The summed E-state index contributed by atoms with van der Waals surface area (Å²) in [4.78, 5) is 38.0. The van der Waals surface area contributed by atoms with E-state index in [1.165, 1.54) is 32.1 Å². The molecule has 0 aliphatic carbocycles. The van der Waals surface area contributed by atoms with Crippen molar-refractivity contribution in [2.75, 3.05) is 13.2 Å². The highest BCUT2D eigenvalue weighted by Gasteiger charge is 2.19. The number of allylic oxidation sites excluding steroid dienone is 18. The summed E-state index contributed by atoms with van der Waals surface area (Å²) in [6.45, 7) is 6.32. The van der Waals surface area contributed by atoms with Crippen molar-refractivity contribution < 1.29 is 28.6 Å². The molecular weight excluding hydrogens is 793 g/mol. The number of hydrogen-bond acceptors (Lipinski definition) is 6. The number of unbranched alkanes of at least 4 members (excludes halogenated alkanes) is 16. The standard InChI is InChI=1S/C58H94O6/c1-4-7-10-13-16-19-22-25-27-29-31-33-36-39-42-45-48-51-57(60)63-54-55(53-62-56(59)50-47-44-41-38-35-24-21-18-15-12-9-6-3)64-58(61)52-49-46-43-40-37-34-32-30-28-26-23-20-17-14-11-8-5-2/h7-8,10-11,16-21,25-28,31-34,55H,4-6,9,12-15,22-24,29-30,35-54H2,1-3H3/b10-7-,11-8-,19-16-,20-17-,21-18-,27-25-,28-26-,33-31-,34-32-. The van der Waals surface area contributed by atoms with Crippen LogP contribution >= 0.6 is 0 Å². The molecule has 1 atom stereocenters. The van der Waals surface area contributed by atoms with Crippen LogP contribution in [0.1, 0.15) is 220 Å². The maximum atomic E-state index is 12.8. The number of carbonyl (C=O) groups is 3. The van der Waals surface area contributed by atoms with Gasteiger partial charge in [-0.25, -0.2) is 0 Å². The minimum atomic E-state index is -0.806. The van der Waals surface area contributed by atoms with E-state index in [0.717, 1.165) is 148 Å².